The van der Waals surface area contributed by atoms with Gasteiger partial charge in [0.2, 0.25) is 0 Å². The lowest BCUT2D eigenvalue weighted by atomic mass is 9.91. The zero-order valence-corrected chi connectivity index (χ0v) is 14.8. The molecule has 3 rings (SSSR count). The van der Waals surface area contributed by atoms with Crippen LogP contribution in [-0.4, -0.2) is 31.7 Å². The minimum absolute atomic E-state index is 0.137. The fourth-order valence-electron chi connectivity index (χ4n) is 3.01. The molecule has 26 heavy (non-hydrogen) atoms. The first-order valence-corrected chi connectivity index (χ1v) is 8.66. The van der Waals surface area contributed by atoms with Crippen LogP contribution in [0.3, 0.4) is 0 Å². The number of halogens is 1. The van der Waals surface area contributed by atoms with Gasteiger partial charge in [0.1, 0.15) is 23.8 Å². The molecule has 0 aliphatic carbocycles. The molecule has 0 aromatic heterocycles. The van der Waals surface area contributed by atoms with Crippen molar-refractivity contribution >= 4 is 11.6 Å². The first-order valence-electron chi connectivity index (χ1n) is 8.66. The summed E-state index contributed by atoms with van der Waals surface area (Å²) in [6, 6.07) is 13.5. The Morgan fingerprint density at radius 1 is 1.15 bits per heavy atom. The second-order valence-corrected chi connectivity index (χ2v) is 6.31. The fraction of sp³-hybridized carbons (Fsp3) is 0.350. The van der Waals surface area contributed by atoms with Gasteiger partial charge in [-0.1, -0.05) is 18.2 Å². The highest BCUT2D eigenvalue weighted by atomic mass is 19.1. The third kappa shape index (κ3) is 4.20. The lowest BCUT2D eigenvalue weighted by Crippen LogP contribution is -2.51. The third-order valence-corrected chi connectivity index (χ3v) is 4.68. The van der Waals surface area contributed by atoms with Gasteiger partial charge >= 0.3 is 0 Å². The van der Waals surface area contributed by atoms with Gasteiger partial charge in [-0.3, -0.25) is 4.79 Å². The standard InChI is InChI=1S/C20H23FN2O3/c1-25-20(10-12-22-13-11-20)19(24)23-16-6-8-17(9-7-16)26-14-15-4-2-3-5-18(15)21/h2-9,22H,10-14H2,1H3,(H,23,24). The summed E-state index contributed by atoms with van der Waals surface area (Å²) in [6.45, 7) is 1.66. The van der Waals surface area contributed by atoms with Crippen molar-refractivity contribution in [1.82, 2.24) is 5.32 Å². The summed E-state index contributed by atoms with van der Waals surface area (Å²) in [7, 11) is 1.57. The quantitative estimate of drug-likeness (QED) is 0.833. The Bertz CT molecular complexity index is 743. The molecule has 0 spiro atoms. The highest BCUT2D eigenvalue weighted by Gasteiger charge is 2.39. The zero-order chi connectivity index (χ0) is 18.4. The maximum absolute atomic E-state index is 13.6. The molecule has 1 fully saturated rings. The van der Waals surface area contributed by atoms with E-state index in [2.05, 4.69) is 10.6 Å². The van der Waals surface area contributed by atoms with Gasteiger partial charge in [-0.15, -0.1) is 0 Å². The number of hydrogen-bond acceptors (Lipinski definition) is 4. The summed E-state index contributed by atoms with van der Waals surface area (Å²) in [5.41, 5.74) is 0.381. The van der Waals surface area contributed by atoms with Crippen molar-refractivity contribution in [2.75, 3.05) is 25.5 Å². The van der Waals surface area contributed by atoms with E-state index in [0.717, 1.165) is 13.1 Å². The van der Waals surface area contributed by atoms with Crippen molar-refractivity contribution in [2.24, 2.45) is 0 Å². The van der Waals surface area contributed by atoms with Gasteiger partial charge in [-0.25, -0.2) is 4.39 Å². The Kier molecular flexibility index (Phi) is 5.85. The van der Waals surface area contributed by atoms with E-state index >= 15 is 0 Å². The Morgan fingerprint density at radius 3 is 2.50 bits per heavy atom. The normalized spacial score (nSPS) is 16.1. The van der Waals surface area contributed by atoms with Crippen LogP contribution in [0.4, 0.5) is 10.1 Å². The molecular weight excluding hydrogens is 335 g/mol. The molecule has 0 unspecified atom stereocenters. The minimum atomic E-state index is -0.786. The van der Waals surface area contributed by atoms with Gasteiger partial charge in [0.05, 0.1) is 0 Å². The molecular formula is C20H23FN2O3. The minimum Gasteiger partial charge on any atom is -0.489 e. The van der Waals surface area contributed by atoms with Gasteiger partial charge in [0.15, 0.2) is 0 Å². The van der Waals surface area contributed by atoms with E-state index < -0.39 is 5.60 Å². The van der Waals surface area contributed by atoms with Crippen molar-refractivity contribution in [3.05, 3.63) is 59.9 Å². The number of nitrogens with one attached hydrogen (secondary N) is 2. The van der Waals surface area contributed by atoms with Gasteiger partial charge in [-0.2, -0.15) is 0 Å². The fourth-order valence-corrected chi connectivity index (χ4v) is 3.01. The third-order valence-electron chi connectivity index (χ3n) is 4.68. The van der Waals surface area contributed by atoms with E-state index in [0.29, 0.717) is 29.8 Å². The number of amides is 1. The highest BCUT2D eigenvalue weighted by Crippen LogP contribution is 2.25. The van der Waals surface area contributed by atoms with Crippen LogP contribution in [0.15, 0.2) is 48.5 Å². The lowest BCUT2D eigenvalue weighted by molar-refractivity contribution is -0.140. The molecule has 1 aliphatic heterocycles. The number of hydrogen-bond donors (Lipinski definition) is 2. The van der Waals surface area contributed by atoms with Crippen LogP contribution >= 0.6 is 0 Å². The van der Waals surface area contributed by atoms with Crippen LogP contribution in [0.25, 0.3) is 0 Å². The molecule has 5 nitrogen and oxygen atoms in total. The second kappa shape index (κ2) is 8.29. The molecule has 0 bridgehead atoms. The number of methoxy groups -OCH3 is 1. The van der Waals surface area contributed by atoms with Crippen molar-refractivity contribution in [1.29, 1.82) is 0 Å². The van der Waals surface area contributed by atoms with Gasteiger partial charge in [0.25, 0.3) is 5.91 Å². The van der Waals surface area contributed by atoms with Gasteiger partial charge in [0, 0.05) is 18.4 Å². The van der Waals surface area contributed by atoms with Crippen LogP contribution in [0, 0.1) is 5.82 Å². The van der Waals surface area contributed by atoms with Crippen LogP contribution in [-0.2, 0) is 16.1 Å². The molecule has 2 aromatic rings. The van der Waals surface area contributed by atoms with E-state index in [1.807, 2.05) is 0 Å². The molecule has 1 saturated heterocycles. The SMILES string of the molecule is COC1(C(=O)Nc2ccc(OCc3ccccc3F)cc2)CCNCC1. The predicted molar refractivity (Wildman–Crippen MR) is 97.6 cm³/mol. The molecule has 0 atom stereocenters. The number of rotatable bonds is 6. The van der Waals surface area contributed by atoms with Crippen LogP contribution in [0.1, 0.15) is 18.4 Å². The van der Waals surface area contributed by atoms with Gasteiger partial charge in [-0.05, 0) is 56.3 Å². The number of anilines is 1. The smallest absolute Gasteiger partial charge is 0.256 e. The van der Waals surface area contributed by atoms with Crippen molar-refractivity contribution < 1.29 is 18.7 Å². The Balaban J connectivity index is 1.59. The number of ether oxygens (including phenoxy) is 2. The van der Waals surface area contributed by atoms with Crippen LogP contribution in [0.2, 0.25) is 0 Å². The zero-order valence-electron chi connectivity index (χ0n) is 14.8. The predicted octanol–water partition coefficient (Wildman–Crippen LogP) is 3.11. The number of carbonyl (C=O) groups is 1. The molecule has 0 radical (unpaired) electrons. The summed E-state index contributed by atoms with van der Waals surface area (Å²) in [5, 5.41) is 6.13. The topological polar surface area (TPSA) is 59.6 Å². The lowest BCUT2D eigenvalue weighted by Gasteiger charge is -2.34. The first-order chi connectivity index (χ1) is 12.6. The maximum atomic E-state index is 13.6. The number of carbonyl (C=O) groups excluding carboxylic acids is 1. The van der Waals surface area contributed by atoms with Crippen LogP contribution < -0.4 is 15.4 Å². The molecule has 0 saturated carbocycles. The Labute approximate surface area is 152 Å². The van der Waals surface area contributed by atoms with Crippen molar-refractivity contribution in [3.63, 3.8) is 0 Å². The average molecular weight is 358 g/mol. The van der Waals surface area contributed by atoms with E-state index in [-0.39, 0.29) is 18.3 Å². The summed E-state index contributed by atoms with van der Waals surface area (Å²) in [4.78, 5) is 12.6. The molecule has 2 aromatic carbocycles. The molecule has 2 N–H and O–H groups in total. The Morgan fingerprint density at radius 2 is 1.85 bits per heavy atom. The van der Waals surface area contributed by atoms with E-state index in [9.17, 15) is 9.18 Å². The average Bonchev–Trinajstić information content (AvgIpc) is 2.69. The maximum Gasteiger partial charge on any atom is 0.256 e. The highest BCUT2D eigenvalue weighted by molar-refractivity contribution is 5.97. The molecule has 1 heterocycles. The van der Waals surface area contributed by atoms with Crippen molar-refractivity contribution in [3.8, 4) is 5.75 Å². The Hall–Kier alpha value is -2.44. The summed E-state index contributed by atoms with van der Waals surface area (Å²) >= 11 is 0. The van der Waals surface area contributed by atoms with Gasteiger partial charge < -0.3 is 20.1 Å². The van der Waals surface area contributed by atoms with Crippen molar-refractivity contribution in [2.45, 2.75) is 25.0 Å². The first kappa shape index (κ1) is 18.4. The number of piperidine rings is 1. The summed E-state index contributed by atoms with van der Waals surface area (Å²) in [5.74, 6) is 0.180. The summed E-state index contributed by atoms with van der Waals surface area (Å²) < 4.78 is 24.7. The second-order valence-electron chi connectivity index (χ2n) is 6.31. The molecule has 1 aliphatic rings. The van der Waals surface area contributed by atoms with Crippen LogP contribution in [0.5, 0.6) is 5.75 Å². The van der Waals surface area contributed by atoms with E-state index in [1.165, 1.54) is 6.07 Å². The number of benzene rings is 2. The monoisotopic (exact) mass is 358 g/mol. The summed E-state index contributed by atoms with van der Waals surface area (Å²) in [6.07, 6.45) is 1.28. The molecule has 1 amide bonds. The molecule has 138 valence electrons. The largest absolute Gasteiger partial charge is 0.489 e. The molecule has 6 heteroatoms. The van der Waals surface area contributed by atoms with E-state index in [1.54, 1.807) is 49.6 Å². The van der Waals surface area contributed by atoms with E-state index in [4.69, 9.17) is 9.47 Å².